The number of aromatic nitrogens is 4. The Bertz CT molecular complexity index is 485. The average Bonchev–Trinajstić information content (AvgIpc) is 2.84. The molecular formula is C10H13N5O2. The van der Waals surface area contributed by atoms with Crippen LogP contribution >= 0.6 is 0 Å². The minimum atomic E-state index is -0.128. The van der Waals surface area contributed by atoms with Gasteiger partial charge in [0.25, 0.3) is 0 Å². The van der Waals surface area contributed by atoms with Gasteiger partial charge in [-0.05, 0) is 13.0 Å². The van der Waals surface area contributed by atoms with Gasteiger partial charge in [-0.15, -0.1) is 10.2 Å². The van der Waals surface area contributed by atoms with Gasteiger partial charge in [0.2, 0.25) is 0 Å². The summed E-state index contributed by atoms with van der Waals surface area (Å²) in [6.07, 6.45) is 0. The number of para-hydroxylation sites is 1. The number of rotatable bonds is 4. The average molecular weight is 235 g/mol. The Hall–Kier alpha value is -2.15. The molecule has 0 radical (unpaired) electrons. The molecule has 7 heteroatoms. The molecule has 1 heterocycles. The first-order chi connectivity index (χ1) is 8.18. The lowest BCUT2D eigenvalue weighted by Gasteiger charge is -2.11. The first-order valence-electron chi connectivity index (χ1n) is 5.15. The maximum Gasteiger partial charge on any atom is 0.191 e. The summed E-state index contributed by atoms with van der Waals surface area (Å²) in [5.74, 6) is 0.307. The molecule has 0 fully saturated rings. The Labute approximate surface area is 97.5 Å². The largest absolute Gasteiger partial charge is 0.504 e. The monoisotopic (exact) mass is 235 g/mol. The number of tetrazole rings is 1. The number of hydrogen-bond donors (Lipinski definition) is 4. The van der Waals surface area contributed by atoms with E-state index in [4.69, 9.17) is 0 Å². The molecule has 0 aliphatic rings. The lowest BCUT2D eigenvalue weighted by molar-refractivity contribution is 0.396. The Morgan fingerprint density at radius 3 is 2.94 bits per heavy atom. The third kappa shape index (κ3) is 2.51. The third-order valence-electron chi connectivity index (χ3n) is 2.45. The molecule has 17 heavy (non-hydrogen) atoms. The number of nitrogens with one attached hydrogen (secondary N) is 2. The Morgan fingerprint density at radius 1 is 1.41 bits per heavy atom. The molecule has 1 unspecified atom stereocenters. The number of phenolic OH excluding ortho intramolecular Hbond substituents is 2. The van der Waals surface area contributed by atoms with Crippen LogP contribution in [0.25, 0.3) is 0 Å². The predicted octanol–water partition coefficient (Wildman–Crippen LogP) is 0.462. The van der Waals surface area contributed by atoms with Crippen molar-refractivity contribution in [2.75, 3.05) is 0 Å². The van der Waals surface area contributed by atoms with E-state index in [-0.39, 0.29) is 17.5 Å². The van der Waals surface area contributed by atoms with Gasteiger partial charge in [0, 0.05) is 12.1 Å². The van der Waals surface area contributed by atoms with Crippen molar-refractivity contribution in [3.8, 4) is 11.5 Å². The maximum atomic E-state index is 9.60. The summed E-state index contributed by atoms with van der Waals surface area (Å²) in [5, 5.41) is 35.6. The number of phenols is 2. The van der Waals surface area contributed by atoms with Crippen molar-refractivity contribution in [1.82, 2.24) is 25.9 Å². The molecule has 7 nitrogen and oxygen atoms in total. The molecule has 0 saturated heterocycles. The van der Waals surface area contributed by atoms with Crippen molar-refractivity contribution < 1.29 is 10.2 Å². The Balaban J connectivity index is 2.00. The number of aromatic amines is 1. The third-order valence-corrected chi connectivity index (χ3v) is 2.45. The van der Waals surface area contributed by atoms with E-state index in [2.05, 4.69) is 25.9 Å². The molecule has 1 aromatic heterocycles. The standard InChI is InChI=1S/C10H13N5O2/c1-6(10-12-14-15-13-10)11-5-7-3-2-4-8(16)9(7)17/h2-4,6,11,16-17H,5H2,1H3,(H,12,13,14,15). The van der Waals surface area contributed by atoms with E-state index in [0.29, 0.717) is 17.9 Å². The van der Waals surface area contributed by atoms with E-state index >= 15 is 0 Å². The highest BCUT2D eigenvalue weighted by Crippen LogP contribution is 2.28. The van der Waals surface area contributed by atoms with Crippen LogP contribution in [0.15, 0.2) is 18.2 Å². The fraction of sp³-hybridized carbons (Fsp3) is 0.300. The van der Waals surface area contributed by atoms with Crippen molar-refractivity contribution >= 4 is 0 Å². The highest BCUT2D eigenvalue weighted by molar-refractivity contribution is 5.44. The van der Waals surface area contributed by atoms with Gasteiger partial charge in [0.1, 0.15) is 0 Å². The quantitative estimate of drug-likeness (QED) is 0.573. The summed E-state index contributed by atoms with van der Waals surface area (Å²) < 4.78 is 0. The smallest absolute Gasteiger partial charge is 0.191 e. The minimum Gasteiger partial charge on any atom is -0.504 e. The van der Waals surface area contributed by atoms with Gasteiger partial charge in [-0.2, -0.15) is 5.21 Å². The van der Waals surface area contributed by atoms with Gasteiger partial charge >= 0.3 is 0 Å². The number of aromatic hydroxyl groups is 2. The van der Waals surface area contributed by atoms with Gasteiger partial charge in [-0.1, -0.05) is 17.3 Å². The SMILES string of the molecule is CC(NCc1cccc(O)c1O)c1nn[nH]n1. The van der Waals surface area contributed by atoms with Crippen molar-refractivity contribution in [2.45, 2.75) is 19.5 Å². The number of H-pyrrole nitrogens is 1. The first-order valence-corrected chi connectivity index (χ1v) is 5.15. The van der Waals surface area contributed by atoms with E-state index in [9.17, 15) is 10.2 Å². The molecule has 2 rings (SSSR count). The normalized spacial score (nSPS) is 12.5. The molecule has 0 spiro atoms. The van der Waals surface area contributed by atoms with Crippen molar-refractivity contribution in [1.29, 1.82) is 0 Å². The van der Waals surface area contributed by atoms with Gasteiger partial charge < -0.3 is 15.5 Å². The van der Waals surface area contributed by atoms with Crippen LogP contribution in [0.1, 0.15) is 24.4 Å². The van der Waals surface area contributed by atoms with Gasteiger partial charge in [0.15, 0.2) is 17.3 Å². The summed E-state index contributed by atoms with van der Waals surface area (Å²) in [7, 11) is 0. The highest BCUT2D eigenvalue weighted by Gasteiger charge is 2.11. The van der Waals surface area contributed by atoms with E-state index in [1.807, 2.05) is 6.92 Å². The Kier molecular flexibility index (Phi) is 3.20. The zero-order chi connectivity index (χ0) is 12.3. The summed E-state index contributed by atoms with van der Waals surface area (Å²) in [5.41, 5.74) is 0.611. The molecule has 2 aromatic rings. The zero-order valence-electron chi connectivity index (χ0n) is 9.25. The van der Waals surface area contributed by atoms with Crippen molar-refractivity contribution in [2.24, 2.45) is 0 Å². The molecule has 1 atom stereocenters. The molecule has 1 aromatic carbocycles. The zero-order valence-corrected chi connectivity index (χ0v) is 9.25. The Morgan fingerprint density at radius 2 is 2.24 bits per heavy atom. The van der Waals surface area contributed by atoms with E-state index in [1.165, 1.54) is 6.07 Å². The van der Waals surface area contributed by atoms with E-state index in [0.717, 1.165) is 0 Å². The van der Waals surface area contributed by atoms with E-state index in [1.54, 1.807) is 12.1 Å². The highest BCUT2D eigenvalue weighted by atomic mass is 16.3. The summed E-state index contributed by atoms with van der Waals surface area (Å²) in [4.78, 5) is 0. The van der Waals surface area contributed by atoms with Crippen LogP contribution in [0.4, 0.5) is 0 Å². The lowest BCUT2D eigenvalue weighted by Crippen LogP contribution is -2.19. The number of nitrogens with zero attached hydrogens (tertiary/aromatic N) is 3. The van der Waals surface area contributed by atoms with Gasteiger partial charge in [-0.3, -0.25) is 0 Å². The number of hydrogen-bond acceptors (Lipinski definition) is 6. The van der Waals surface area contributed by atoms with Crippen molar-refractivity contribution in [3.05, 3.63) is 29.6 Å². The molecule has 0 saturated carbocycles. The summed E-state index contributed by atoms with van der Waals surface area (Å²) >= 11 is 0. The fourth-order valence-corrected chi connectivity index (χ4v) is 1.43. The number of benzene rings is 1. The molecule has 4 N–H and O–H groups in total. The topological polar surface area (TPSA) is 107 Å². The van der Waals surface area contributed by atoms with Crippen LogP contribution in [0.5, 0.6) is 11.5 Å². The summed E-state index contributed by atoms with van der Waals surface area (Å²) in [6.45, 7) is 2.28. The molecule has 90 valence electrons. The molecule has 0 bridgehead atoms. The second-order valence-corrected chi connectivity index (χ2v) is 3.66. The van der Waals surface area contributed by atoms with Crippen LogP contribution in [-0.4, -0.2) is 30.8 Å². The van der Waals surface area contributed by atoms with Crippen LogP contribution < -0.4 is 5.32 Å². The van der Waals surface area contributed by atoms with Crippen LogP contribution in [0.3, 0.4) is 0 Å². The molecule has 0 aliphatic carbocycles. The van der Waals surface area contributed by atoms with Crippen LogP contribution in [0, 0.1) is 0 Å². The lowest BCUT2D eigenvalue weighted by atomic mass is 10.1. The first kappa shape index (κ1) is 11.3. The fourth-order valence-electron chi connectivity index (χ4n) is 1.43. The van der Waals surface area contributed by atoms with Crippen LogP contribution in [-0.2, 0) is 6.54 Å². The van der Waals surface area contributed by atoms with Crippen molar-refractivity contribution in [3.63, 3.8) is 0 Å². The molecular weight excluding hydrogens is 222 g/mol. The predicted molar refractivity (Wildman–Crippen MR) is 59.2 cm³/mol. The van der Waals surface area contributed by atoms with Gasteiger partial charge in [0.05, 0.1) is 6.04 Å². The molecule has 0 aliphatic heterocycles. The minimum absolute atomic E-state index is 0.101. The van der Waals surface area contributed by atoms with Crippen LogP contribution in [0.2, 0.25) is 0 Å². The maximum absolute atomic E-state index is 9.60. The van der Waals surface area contributed by atoms with Gasteiger partial charge in [-0.25, -0.2) is 0 Å². The van der Waals surface area contributed by atoms with E-state index < -0.39 is 0 Å². The second-order valence-electron chi connectivity index (χ2n) is 3.66. The summed E-state index contributed by atoms with van der Waals surface area (Å²) in [6, 6.07) is 4.73. The second kappa shape index (κ2) is 4.79. The molecule has 0 amide bonds.